The maximum absolute atomic E-state index is 12.4. The van der Waals surface area contributed by atoms with Crippen LogP contribution in [0, 0.1) is 0 Å². The third kappa shape index (κ3) is 4.78. The van der Waals surface area contributed by atoms with E-state index >= 15 is 0 Å². The fourth-order valence-corrected chi connectivity index (χ4v) is 3.11. The molecule has 0 aliphatic carbocycles. The fraction of sp³-hybridized carbons (Fsp3) is 0.182. The van der Waals surface area contributed by atoms with Crippen LogP contribution >= 0.6 is 11.6 Å². The Kier molecular flexibility index (Phi) is 6.57. The van der Waals surface area contributed by atoms with E-state index in [1.165, 1.54) is 6.08 Å². The molecule has 3 amide bonds. The Labute approximate surface area is 174 Å². The van der Waals surface area contributed by atoms with Gasteiger partial charge in [-0.15, -0.1) is 6.58 Å². The van der Waals surface area contributed by atoms with Crippen molar-refractivity contribution in [1.82, 2.24) is 10.2 Å². The van der Waals surface area contributed by atoms with Crippen LogP contribution in [-0.2, 0) is 11.4 Å². The van der Waals surface area contributed by atoms with Crippen LogP contribution in [-0.4, -0.2) is 30.0 Å². The summed E-state index contributed by atoms with van der Waals surface area (Å²) in [5, 5.41) is 2.90. The number of nitrogens with zero attached hydrogens (tertiary/aromatic N) is 1. The average Bonchev–Trinajstić information content (AvgIpc) is 2.96. The summed E-state index contributed by atoms with van der Waals surface area (Å²) >= 11 is 6.44. The molecule has 6 nitrogen and oxygen atoms in total. The van der Waals surface area contributed by atoms with Crippen LogP contribution in [0.5, 0.6) is 11.5 Å². The Morgan fingerprint density at radius 2 is 1.93 bits per heavy atom. The second-order valence-corrected chi connectivity index (χ2v) is 6.64. The zero-order valence-electron chi connectivity index (χ0n) is 16.0. The number of amides is 3. The minimum Gasteiger partial charge on any atom is -0.490 e. The number of urea groups is 1. The van der Waals surface area contributed by atoms with Crippen molar-refractivity contribution in [3.63, 3.8) is 0 Å². The number of ether oxygens (including phenoxy) is 2. The zero-order chi connectivity index (χ0) is 20.8. The zero-order valence-corrected chi connectivity index (χ0v) is 16.7. The van der Waals surface area contributed by atoms with Crippen molar-refractivity contribution < 1.29 is 19.1 Å². The Hall–Kier alpha value is -3.25. The van der Waals surface area contributed by atoms with Crippen LogP contribution in [0.4, 0.5) is 4.79 Å². The minimum absolute atomic E-state index is 0.138. The first-order chi connectivity index (χ1) is 14.0. The third-order valence-electron chi connectivity index (χ3n) is 4.14. The quantitative estimate of drug-likeness (QED) is 0.396. The van der Waals surface area contributed by atoms with E-state index in [1.54, 1.807) is 18.2 Å². The van der Waals surface area contributed by atoms with E-state index in [0.29, 0.717) is 35.3 Å². The number of carbonyl (C=O) groups excluding carboxylic acids is 2. The molecular weight excluding hydrogens is 392 g/mol. The number of hydrogen-bond donors (Lipinski definition) is 1. The lowest BCUT2D eigenvalue weighted by atomic mass is 10.1. The lowest BCUT2D eigenvalue weighted by Crippen LogP contribution is -2.30. The predicted octanol–water partition coefficient (Wildman–Crippen LogP) is 4.40. The maximum Gasteiger partial charge on any atom is 0.329 e. The smallest absolute Gasteiger partial charge is 0.329 e. The normalized spacial score (nSPS) is 14.8. The van der Waals surface area contributed by atoms with Crippen LogP contribution in [0.1, 0.15) is 18.1 Å². The summed E-state index contributed by atoms with van der Waals surface area (Å²) in [7, 11) is 0. The average molecular weight is 413 g/mol. The van der Waals surface area contributed by atoms with Gasteiger partial charge in [-0.3, -0.25) is 9.69 Å². The van der Waals surface area contributed by atoms with E-state index < -0.39 is 11.9 Å². The molecule has 1 N–H and O–H groups in total. The molecule has 0 radical (unpaired) electrons. The van der Waals surface area contributed by atoms with E-state index in [0.717, 1.165) is 10.5 Å². The number of nitrogens with one attached hydrogen (secondary N) is 1. The first-order valence-corrected chi connectivity index (χ1v) is 9.49. The van der Waals surface area contributed by atoms with Crippen LogP contribution < -0.4 is 14.8 Å². The summed E-state index contributed by atoms with van der Waals surface area (Å²) in [6, 6.07) is 12.6. The fourth-order valence-electron chi connectivity index (χ4n) is 2.84. The molecular formula is C22H21ClN2O4. The maximum atomic E-state index is 12.4. The van der Waals surface area contributed by atoms with Crippen LogP contribution in [0.3, 0.4) is 0 Å². The Bertz CT molecular complexity index is 957. The van der Waals surface area contributed by atoms with Gasteiger partial charge in [-0.2, -0.15) is 0 Å². The van der Waals surface area contributed by atoms with Gasteiger partial charge in [-0.25, -0.2) is 4.79 Å². The van der Waals surface area contributed by atoms with Gasteiger partial charge >= 0.3 is 6.03 Å². The Balaban J connectivity index is 1.87. The van der Waals surface area contributed by atoms with Gasteiger partial charge in [0.25, 0.3) is 5.91 Å². The number of hydrogen-bond acceptors (Lipinski definition) is 4. The number of carbonyl (C=O) groups is 2. The summed E-state index contributed by atoms with van der Waals surface area (Å²) in [5.41, 5.74) is 1.77. The van der Waals surface area contributed by atoms with Gasteiger partial charge in [0, 0.05) is 6.54 Å². The summed E-state index contributed by atoms with van der Waals surface area (Å²) < 4.78 is 11.6. The van der Waals surface area contributed by atoms with Gasteiger partial charge in [-0.05, 0) is 36.3 Å². The second kappa shape index (κ2) is 9.30. The molecule has 7 heteroatoms. The van der Waals surface area contributed by atoms with E-state index in [4.69, 9.17) is 21.1 Å². The summed E-state index contributed by atoms with van der Waals surface area (Å²) in [4.78, 5) is 25.4. The first kappa shape index (κ1) is 20.5. The number of halogens is 1. The minimum atomic E-state index is -0.486. The van der Waals surface area contributed by atoms with Gasteiger partial charge in [0.05, 0.1) is 11.6 Å². The van der Waals surface area contributed by atoms with E-state index in [1.807, 2.05) is 37.3 Å². The lowest BCUT2D eigenvalue weighted by molar-refractivity contribution is -0.122. The van der Waals surface area contributed by atoms with E-state index in [2.05, 4.69) is 11.9 Å². The number of imide groups is 1. The predicted molar refractivity (Wildman–Crippen MR) is 112 cm³/mol. The molecule has 0 spiro atoms. The van der Waals surface area contributed by atoms with Gasteiger partial charge in [-0.1, -0.05) is 48.0 Å². The summed E-state index contributed by atoms with van der Waals surface area (Å²) in [6.07, 6.45) is 3.04. The molecule has 1 aliphatic heterocycles. The number of benzene rings is 2. The molecule has 1 fully saturated rings. The molecule has 1 heterocycles. The van der Waals surface area contributed by atoms with Gasteiger partial charge in [0.1, 0.15) is 12.3 Å². The monoisotopic (exact) mass is 412 g/mol. The molecule has 0 atom stereocenters. The van der Waals surface area contributed by atoms with Crippen LogP contribution in [0.15, 0.2) is 60.8 Å². The summed E-state index contributed by atoms with van der Waals surface area (Å²) in [5.74, 6) is 0.463. The van der Waals surface area contributed by atoms with E-state index in [9.17, 15) is 9.59 Å². The highest BCUT2D eigenvalue weighted by molar-refractivity contribution is 6.32. The van der Waals surface area contributed by atoms with Crippen LogP contribution in [0.25, 0.3) is 6.08 Å². The molecule has 0 bridgehead atoms. The van der Waals surface area contributed by atoms with Crippen molar-refractivity contribution in [2.24, 2.45) is 0 Å². The highest BCUT2D eigenvalue weighted by atomic mass is 35.5. The largest absolute Gasteiger partial charge is 0.490 e. The summed E-state index contributed by atoms with van der Waals surface area (Å²) in [6.45, 7) is 6.30. The van der Waals surface area contributed by atoms with E-state index in [-0.39, 0.29) is 12.2 Å². The highest BCUT2D eigenvalue weighted by Crippen LogP contribution is 2.38. The second-order valence-electron chi connectivity index (χ2n) is 6.23. The molecule has 2 aromatic carbocycles. The molecule has 1 aliphatic rings. The van der Waals surface area contributed by atoms with Crippen molar-refractivity contribution in [2.75, 3.05) is 13.2 Å². The Morgan fingerprint density at radius 3 is 2.62 bits per heavy atom. The molecule has 29 heavy (non-hydrogen) atoms. The highest BCUT2D eigenvalue weighted by Gasteiger charge is 2.32. The van der Waals surface area contributed by atoms with Crippen molar-refractivity contribution in [3.05, 3.63) is 77.0 Å². The van der Waals surface area contributed by atoms with Gasteiger partial charge < -0.3 is 14.8 Å². The standard InChI is InChI=1S/C22H21ClN2O4/c1-3-10-25-21(26)18(24-22(25)27)12-16-11-17(23)20(19(13-16)28-4-2)29-14-15-8-6-5-7-9-15/h3,5-9,11-13H,1,4,10,14H2,2H3,(H,24,27)/b18-12+. The molecule has 3 rings (SSSR count). The topological polar surface area (TPSA) is 67.9 Å². The molecule has 0 unspecified atom stereocenters. The van der Waals surface area contributed by atoms with Crippen molar-refractivity contribution in [1.29, 1.82) is 0 Å². The van der Waals surface area contributed by atoms with Crippen LogP contribution in [0.2, 0.25) is 5.02 Å². The lowest BCUT2D eigenvalue weighted by Gasteiger charge is -2.14. The molecule has 150 valence electrons. The van der Waals surface area contributed by atoms with Gasteiger partial charge in [0.15, 0.2) is 11.5 Å². The molecule has 1 saturated heterocycles. The van der Waals surface area contributed by atoms with Crippen molar-refractivity contribution in [3.8, 4) is 11.5 Å². The third-order valence-corrected chi connectivity index (χ3v) is 4.42. The van der Waals surface area contributed by atoms with Crippen molar-refractivity contribution >= 4 is 29.6 Å². The SMILES string of the molecule is C=CCN1C(=O)N/C(=C/c2cc(Cl)c(OCc3ccccc3)c(OCC)c2)C1=O. The van der Waals surface area contributed by atoms with Crippen molar-refractivity contribution in [2.45, 2.75) is 13.5 Å². The molecule has 0 saturated carbocycles. The number of rotatable bonds is 8. The Morgan fingerprint density at radius 1 is 1.17 bits per heavy atom. The van der Waals surface area contributed by atoms with Gasteiger partial charge in [0.2, 0.25) is 0 Å². The molecule has 2 aromatic rings. The molecule has 0 aromatic heterocycles. The first-order valence-electron chi connectivity index (χ1n) is 9.12.